The molecule has 0 fully saturated rings. The van der Waals surface area contributed by atoms with Crippen LogP contribution in [0.1, 0.15) is 10.5 Å². The van der Waals surface area contributed by atoms with E-state index in [4.69, 9.17) is 0 Å². The molecule has 0 saturated carbocycles. The summed E-state index contributed by atoms with van der Waals surface area (Å²) in [4.78, 5) is 13.6. The largest absolute Gasteiger partial charge is 0.354 e. The van der Waals surface area contributed by atoms with Crippen LogP contribution in [-0.4, -0.2) is 27.7 Å². The van der Waals surface area contributed by atoms with Gasteiger partial charge in [-0.25, -0.2) is 4.68 Å². The van der Waals surface area contributed by atoms with Gasteiger partial charge in [0, 0.05) is 13.2 Å². The predicted octanol–water partition coefficient (Wildman–Crippen LogP) is 1.18. The zero-order valence-corrected chi connectivity index (χ0v) is 9.42. The highest BCUT2D eigenvalue weighted by atomic mass is 19.2. The van der Waals surface area contributed by atoms with Crippen molar-refractivity contribution in [3.63, 3.8) is 0 Å². The van der Waals surface area contributed by atoms with Crippen LogP contribution in [0.25, 0.3) is 5.69 Å². The lowest BCUT2D eigenvalue weighted by atomic mass is 10.3. The molecule has 0 aliphatic heterocycles. The number of hydrogen-bond acceptors (Lipinski definition) is 3. The van der Waals surface area contributed by atoms with E-state index in [1.807, 2.05) is 0 Å². The quantitative estimate of drug-likeness (QED) is 0.661. The third kappa shape index (κ3) is 2.14. The van der Waals surface area contributed by atoms with Crippen molar-refractivity contribution in [3.8, 4) is 5.69 Å². The molecule has 0 saturated heterocycles. The van der Waals surface area contributed by atoms with Crippen LogP contribution in [0, 0.1) is 23.5 Å². The summed E-state index contributed by atoms with van der Waals surface area (Å²) in [5.74, 6) is -7.62. The number of hydrogen-bond donors (Lipinski definition) is 1. The molecule has 19 heavy (non-hydrogen) atoms. The van der Waals surface area contributed by atoms with Crippen molar-refractivity contribution in [1.82, 2.24) is 20.1 Å². The zero-order valence-electron chi connectivity index (χ0n) is 9.42. The van der Waals surface area contributed by atoms with E-state index in [2.05, 4.69) is 15.4 Å². The Morgan fingerprint density at radius 2 is 1.79 bits per heavy atom. The third-order valence-corrected chi connectivity index (χ3v) is 2.25. The molecule has 2 heterocycles. The molecule has 100 valence electrons. The Morgan fingerprint density at radius 3 is 2.32 bits per heavy atom. The van der Waals surface area contributed by atoms with Crippen LogP contribution in [0.2, 0.25) is 0 Å². The first-order valence-corrected chi connectivity index (χ1v) is 4.93. The van der Waals surface area contributed by atoms with E-state index in [1.54, 1.807) is 0 Å². The molecule has 0 unspecified atom stereocenters. The summed E-state index contributed by atoms with van der Waals surface area (Å²) >= 11 is 0. The number of nitrogens with one attached hydrogen (secondary N) is 1. The average Bonchev–Trinajstić information content (AvgIpc) is 2.85. The normalized spacial score (nSPS) is 10.6. The van der Waals surface area contributed by atoms with Crippen LogP contribution >= 0.6 is 0 Å². The summed E-state index contributed by atoms with van der Waals surface area (Å²) in [7, 11) is 1.33. The monoisotopic (exact) mass is 274 g/mol. The summed E-state index contributed by atoms with van der Waals surface area (Å²) in [6.07, 6.45) is 0.991. The number of nitrogens with zero attached hydrogens (tertiary/aromatic N) is 3. The smallest absolute Gasteiger partial charge is 0.271 e. The number of carbonyl (C=O) groups excluding carboxylic acids is 1. The standard InChI is InChI=1S/C10H6F4N4O/c1-15-10(19)4-2-3-18(17-4)7-5(11)8(13)16-9(14)6(7)12/h2-3H,1H3,(H,15,19). The first-order valence-electron chi connectivity index (χ1n) is 4.93. The second-order valence-electron chi connectivity index (χ2n) is 3.39. The molecular weight excluding hydrogens is 268 g/mol. The van der Waals surface area contributed by atoms with Gasteiger partial charge in [0.15, 0.2) is 5.69 Å². The van der Waals surface area contributed by atoms with Crippen molar-refractivity contribution in [2.75, 3.05) is 7.05 Å². The molecule has 2 aromatic rings. The Morgan fingerprint density at radius 1 is 1.21 bits per heavy atom. The van der Waals surface area contributed by atoms with Gasteiger partial charge in [0.2, 0.25) is 11.6 Å². The second kappa shape index (κ2) is 4.67. The molecule has 0 bridgehead atoms. The summed E-state index contributed by atoms with van der Waals surface area (Å²) in [5.41, 5.74) is -1.25. The van der Waals surface area contributed by atoms with Gasteiger partial charge in [-0.1, -0.05) is 0 Å². The van der Waals surface area contributed by atoms with Gasteiger partial charge in [-0.2, -0.15) is 27.6 Å². The minimum atomic E-state index is -1.80. The number of carbonyl (C=O) groups is 1. The highest BCUT2D eigenvalue weighted by molar-refractivity contribution is 5.91. The van der Waals surface area contributed by atoms with E-state index in [0.29, 0.717) is 4.68 Å². The summed E-state index contributed by atoms with van der Waals surface area (Å²) < 4.78 is 53.2. The maximum atomic E-state index is 13.4. The van der Waals surface area contributed by atoms with E-state index >= 15 is 0 Å². The molecule has 0 atom stereocenters. The van der Waals surface area contributed by atoms with Crippen LogP contribution in [0.15, 0.2) is 12.3 Å². The first kappa shape index (κ1) is 13.0. The van der Waals surface area contributed by atoms with E-state index in [0.717, 1.165) is 12.3 Å². The Balaban J connectivity index is 2.59. The van der Waals surface area contributed by atoms with Crippen molar-refractivity contribution in [1.29, 1.82) is 0 Å². The minimum Gasteiger partial charge on any atom is -0.354 e. The van der Waals surface area contributed by atoms with E-state index in [1.165, 1.54) is 7.05 Å². The fourth-order valence-corrected chi connectivity index (χ4v) is 1.37. The topological polar surface area (TPSA) is 59.8 Å². The van der Waals surface area contributed by atoms with Gasteiger partial charge in [-0.05, 0) is 6.07 Å². The van der Waals surface area contributed by atoms with Crippen LogP contribution in [0.5, 0.6) is 0 Å². The number of pyridine rings is 1. The molecule has 5 nitrogen and oxygen atoms in total. The highest BCUT2D eigenvalue weighted by Gasteiger charge is 2.23. The molecule has 2 rings (SSSR count). The van der Waals surface area contributed by atoms with Crippen LogP contribution in [0.3, 0.4) is 0 Å². The SMILES string of the molecule is CNC(=O)c1ccn(-c2c(F)c(F)nc(F)c2F)n1. The average molecular weight is 274 g/mol. The summed E-state index contributed by atoms with van der Waals surface area (Å²) in [6.45, 7) is 0. The number of rotatable bonds is 2. The molecule has 0 aromatic carbocycles. The van der Waals surface area contributed by atoms with Crippen LogP contribution in [-0.2, 0) is 0 Å². The lowest BCUT2D eigenvalue weighted by molar-refractivity contribution is 0.0957. The Labute approximate surface area is 103 Å². The maximum Gasteiger partial charge on any atom is 0.271 e. The van der Waals surface area contributed by atoms with Gasteiger partial charge >= 0.3 is 0 Å². The van der Waals surface area contributed by atoms with E-state index in [9.17, 15) is 22.4 Å². The molecule has 1 N–H and O–H groups in total. The van der Waals surface area contributed by atoms with Crippen molar-refractivity contribution < 1.29 is 22.4 Å². The number of halogens is 4. The first-order chi connectivity index (χ1) is 8.95. The molecule has 1 amide bonds. The molecule has 0 spiro atoms. The third-order valence-electron chi connectivity index (χ3n) is 2.25. The molecule has 0 radical (unpaired) electrons. The van der Waals surface area contributed by atoms with Crippen molar-refractivity contribution >= 4 is 5.91 Å². The predicted molar refractivity (Wildman–Crippen MR) is 54.6 cm³/mol. The van der Waals surface area contributed by atoms with Crippen LogP contribution < -0.4 is 5.32 Å². The maximum absolute atomic E-state index is 13.4. The highest BCUT2D eigenvalue weighted by Crippen LogP contribution is 2.20. The second-order valence-corrected chi connectivity index (χ2v) is 3.39. The molecule has 2 aromatic heterocycles. The van der Waals surface area contributed by atoms with E-state index in [-0.39, 0.29) is 5.69 Å². The van der Waals surface area contributed by atoms with Crippen LogP contribution in [0.4, 0.5) is 17.6 Å². The van der Waals surface area contributed by atoms with Crippen molar-refractivity contribution in [2.45, 2.75) is 0 Å². The summed E-state index contributed by atoms with van der Waals surface area (Å²) in [6, 6.07) is 1.13. The molecule has 9 heteroatoms. The molecular formula is C10H6F4N4O. The van der Waals surface area contributed by atoms with Gasteiger partial charge in [0.1, 0.15) is 5.69 Å². The fourth-order valence-electron chi connectivity index (χ4n) is 1.37. The van der Waals surface area contributed by atoms with E-state index < -0.39 is 35.1 Å². The molecule has 0 aliphatic rings. The Kier molecular flexibility index (Phi) is 3.19. The zero-order chi connectivity index (χ0) is 14.2. The summed E-state index contributed by atoms with van der Waals surface area (Å²) in [5, 5.41) is 5.75. The fraction of sp³-hybridized carbons (Fsp3) is 0.100. The van der Waals surface area contributed by atoms with Crippen molar-refractivity contribution in [2.24, 2.45) is 0 Å². The molecule has 0 aliphatic carbocycles. The van der Waals surface area contributed by atoms with Crippen molar-refractivity contribution in [3.05, 3.63) is 41.5 Å². The van der Waals surface area contributed by atoms with Gasteiger partial charge in [-0.3, -0.25) is 4.79 Å². The van der Waals surface area contributed by atoms with Gasteiger partial charge < -0.3 is 5.32 Å². The van der Waals surface area contributed by atoms with Gasteiger partial charge in [-0.15, -0.1) is 0 Å². The number of aromatic nitrogens is 3. The Bertz CT molecular complexity index is 629. The Hall–Kier alpha value is -2.45. The lowest BCUT2D eigenvalue weighted by Gasteiger charge is -2.05. The van der Waals surface area contributed by atoms with Gasteiger partial charge in [0.25, 0.3) is 17.8 Å². The minimum absolute atomic E-state index is 0.168. The lowest BCUT2D eigenvalue weighted by Crippen LogP contribution is -2.19. The number of amides is 1. The van der Waals surface area contributed by atoms with Gasteiger partial charge in [0.05, 0.1) is 0 Å².